The normalized spacial score (nSPS) is 10.3. The summed E-state index contributed by atoms with van der Waals surface area (Å²) in [5.74, 6) is 0.213. The molecule has 0 aliphatic carbocycles. The van der Waals surface area contributed by atoms with Crippen molar-refractivity contribution < 1.29 is 5.11 Å². The SMILES string of the molecule is Oc1ccccc1-c1nnc(Nc2ccccc2)s1. The zero-order valence-corrected chi connectivity index (χ0v) is 10.8. The molecule has 1 aromatic heterocycles. The number of nitrogens with zero attached hydrogens (tertiary/aromatic N) is 2. The van der Waals surface area contributed by atoms with Crippen molar-refractivity contribution in [1.29, 1.82) is 0 Å². The molecule has 0 atom stereocenters. The van der Waals surface area contributed by atoms with Gasteiger partial charge in [-0.25, -0.2) is 0 Å². The zero-order chi connectivity index (χ0) is 13.1. The third-order valence-electron chi connectivity index (χ3n) is 2.58. The number of rotatable bonds is 3. The first-order valence-corrected chi connectivity index (χ1v) is 6.58. The first-order valence-electron chi connectivity index (χ1n) is 5.77. The van der Waals surface area contributed by atoms with E-state index < -0.39 is 0 Å². The summed E-state index contributed by atoms with van der Waals surface area (Å²) in [5.41, 5.74) is 1.66. The smallest absolute Gasteiger partial charge is 0.210 e. The van der Waals surface area contributed by atoms with Crippen LogP contribution in [0, 0.1) is 0 Å². The maximum atomic E-state index is 9.78. The van der Waals surface area contributed by atoms with Crippen molar-refractivity contribution in [1.82, 2.24) is 10.2 Å². The number of hydrogen-bond donors (Lipinski definition) is 2. The first kappa shape index (κ1) is 11.7. The van der Waals surface area contributed by atoms with Gasteiger partial charge >= 0.3 is 0 Å². The Kier molecular flexibility index (Phi) is 3.12. The number of nitrogens with one attached hydrogen (secondary N) is 1. The van der Waals surface area contributed by atoms with Crippen molar-refractivity contribution in [3.05, 3.63) is 54.6 Å². The summed E-state index contributed by atoms with van der Waals surface area (Å²) in [6.45, 7) is 0. The van der Waals surface area contributed by atoms with E-state index in [0.717, 1.165) is 5.69 Å². The largest absolute Gasteiger partial charge is 0.507 e. The van der Waals surface area contributed by atoms with Crippen molar-refractivity contribution >= 4 is 22.2 Å². The number of anilines is 2. The van der Waals surface area contributed by atoms with Gasteiger partial charge < -0.3 is 10.4 Å². The summed E-state index contributed by atoms with van der Waals surface area (Å²) >= 11 is 1.40. The fraction of sp³-hybridized carbons (Fsp3) is 0. The molecule has 0 aliphatic rings. The summed E-state index contributed by atoms with van der Waals surface area (Å²) in [5, 5.41) is 22.5. The van der Waals surface area contributed by atoms with Crippen LogP contribution in [0.25, 0.3) is 10.6 Å². The lowest BCUT2D eigenvalue weighted by Crippen LogP contribution is -1.87. The number of phenolic OH excluding ortho intramolecular Hbond substituents is 1. The Morgan fingerprint density at radius 2 is 1.63 bits per heavy atom. The van der Waals surface area contributed by atoms with E-state index in [4.69, 9.17) is 0 Å². The highest BCUT2D eigenvalue weighted by molar-refractivity contribution is 7.18. The number of phenols is 1. The van der Waals surface area contributed by atoms with Crippen molar-refractivity contribution in [2.24, 2.45) is 0 Å². The average Bonchev–Trinajstić information content (AvgIpc) is 2.89. The molecule has 0 fully saturated rings. The average molecular weight is 269 g/mol. The molecule has 94 valence electrons. The third-order valence-corrected chi connectivity index (χ3v) is 3.46. The minimum atomic E-state index is 0.213. The molecule has 2 aromatic carbocycles. The highest BCUT2D eigenvalue weighted by atomic mass is 32.1. The van der Waals surface area contributed by atoms with Crippen LogP contribution in [0.3, 0.4) is 0 Å². The van der Waals surface area contributed by atoms with Crippen LogP contribution in [0.4, 0.5) is 10.8 Å². The van der Waals surface area contributed by atoms with Gasteiger partial charge in [0, 0.05) is 5.69 Å². The molecule has 0 amide bonds. The molecule has 0 aliphatic heterocycles. The second kappa shape index (κ2) is 5.07. The summed E-state index contributed by atoms with van der Waals surface area (Å²) < 4.78 is 0. The van der Waals surface area contributed by atoms with Crippen LogP contribution in [0.5, 0.6) is 5.75 Å². The Morgan fingerprint density at radius 3 is 2.42 bits per heavy atom. The number of para-hydroxylation sites is 2. The van der Waals surface area contributed by atoms with Gasteiger partial charge in [-0.2, -0.15) is 0 Å². The maximum Gasteiger partial charge on any atom is 0.210 e. The van der Waals surface area contributed by atoms with E-state index in [1.807, 2.05) is 42.5 Å². The van der Waals surface area contributed by atoms with Crippen LogP contribution < -0.4 is 5.32 Å². The summed E-state index contributed by atoms with van der Waals surface area (Å²) in [7, 11) is 0. The van der Waals surface area contributed by atoms with Crippen LogP contribution in [0.1, 0.15) is 0 Å². The molecule has 1 heterocycles. The zero-order valence-electron chi connectivity index (χ0n) is 9.95. The standard InChI is InChI=1S/C14H11N3OS/c18-12-9-5-4-8-11(12)13-16-17-14(19-13)15-10-6-2-1-3-7-10/h1-9,18H,(H,15,17). The van der Waals surface area contributed by atoms with Gasteiger partial charge in [-0.1, -0.05) is 41.7 Å². The second-order valence-corrected chi connectivity index (χ2v) is 4.90. The number of aromatic hydroxyl groups is 1. The van der Waals surface area contributed by atoms with Crippen molar-refractivity contribution in [3.8, 4) is 16.3 Å². The number of aromatic nitrogens is 2. The van der Waals surface area contributed by atoms with Crippen LogP contribution in [0.2, 0.25) is 0 Å². The van der Waals surface area contributed by atoms with Gasteiger partial charge in [0.1, 0.15) is 5.75 Å². The molecule has 4 nitrogen and oxygen atoms in total. The molecule has 0 unspecified atom stereocenters. The molecule has 5 heteroatoms. The first-order chi connectivity index (χ1) is 9.33. The Morgan fingerprint density at radius 1 is 0.895 bits per heavy atom. The molecule has 3 rings (SSSR count). The molecular weight excluding hydrogens is 258 g/mol. The maximum absolute atomic E-state index is 9.78. The fourth-order valence-corrected chi connectivity index (χ4v) is 2.48. The summed E-state index contributed by atoms with van der Waals surface area (Å²) in [4.78, 5) is 0. The van der Waals surface area contributed by atoms with E-state index in [9.17, 15) is 5.11 Å². The van der Waals surface area contributed by atoms with Crippen LogP contribution in [-0.4, -0.2) is 15.3 Å². The van der Waals surface area contributed by atoms with E-state index >= 15 is 0 Å². The lowest BCUT2D eigenvalue weighted by atomic mass is 10.2. The molecule has 0 saturated carbocycles. The van der Waals surface area contributed by atoms with Crippen LogP contribution >= 0.6 is 11.3 Å². The van der Waals surface area contributed by atoms with Gasteiger partial charge in [0.25, 0.3) is 0 Å². The van der Waals surface area contributed by atoms with Crippen molar-refractivity contribution in [3.63, 3.8) is 0 Å². The van der Waals surface area contributed by atoms with E-state index in [-0.39, 0.29) is 5.75 Å². The van der Waals surface area contributed by atoms with Gasteiger partial charge in [0.2, 0.25) is 5.13 Å². The van der Waals surface area contributed by atoms with E-state index in [1.54, 1.807) is 12.1 Å². The monoisotopic (exact) mass is 269 g/mol. The number of hydrogen-bond acceptors (Lipinski definition) is 5. The minimum absolute atomic E-state index is 0.213. The molecule has 3 aromatic rings. The summed E-state index contributed by atoms with van der Waals surface area (Å²) in [6, 6.07) is 16.9. The highest BCUT2D eigenvalue weighted by Crippen LogP contribution is 2.33. The van der Waals surface area contributed by atoms with Gasteiger partial charge in [-0.05, 0) is 24.3 Å². The van der Waals surface area contributed by atoms with Gasteiger partial charge in [0.15, 0.2) is 5.01 Å². The van der Waals surface area contributed by atoms with Gasteiger partial charge in [0.05, 0.1) is 5.56 Å². The Labute approximate surface area is 114 Å². The third kappa shape index (κ3) is 2.56. The molecular formula is C14H11N3OS. The minimum Gasteiger partial charge on any atom is -0.507 e. The molecule has 19 heavy (non-hydrogen) atoms. The Balaban J connectivity index is 1.86. The van der Waals surface area contributed by atoms with Crippen molar-refractivity contribution in [2.45, 2.75) is 0 Å². The molecule has 2 N–H and O–H groups in total. The quantitative estimate of drug-likeness (QED) is 0.762. The van der Waals surface area contributed by atoms with Crippen LogP contribution in [-0.2, 0) is 0 Å². The molecule has 0 radical (unpaired) electrons. The topological polar surface area (TPSA) is 58.0 Å². The molecule has 0 saturated heterocycles. The van der Waals surface area contributed by atoms with Crippen molar-refractivity contribution in [2.75, 3.05) is 5.32 Å². The van der Waals surface area contributed by atoms with Crippen LogP contribution in [0.15, 0.2) is 54.6 Å². The Bertz CT molecular complexity index is 682. The van der Waals surface area contributed by atoms with E-state index in [2.05, 4.69) is 15.5 Å². The van der Waals surface area contributed by atoms with E-state index in [0.29, 0.717) is 15.7 Å². The van der Waals surface area contributed by atoms with Gasteiger partial charge in [-0.3, -0.25) is 0 Å². The van der Waals surface area contributed by atoms with E-state index in [1.165, 1.54) is 11.3 Å². The predicted molar refractivity (Wildman–Crippen MR) is 76.7 cm³/mol. The fourth-order valence-electron chi connectivity index (χ4n) is 1.68. The second-order valence-electron chi connectivity index (χ2n) is 3.92. The molecule has 0 bridgehead atoms. The molecule has 0 spiro atoms. The number of benzene rings is 2. The summed E-state index contributed by atoms with van der Waals surface area (Å²) in [6.07, 6.45) is 0. The Hall–Kier alpha value is -2.40. The lowest BCUT2D eigenvalue weighted by Gasteiger charge is -2.00. The highest BCUT2D eigenvalue weighted by Gasteiger charge is 2.09. The van der Waals surface area contributed by atoms with Gasteiger partial charge in [-0.15, -0.1) is 10.2 Å². The predicted octanol–water partition coefficient (Wildman–Crippen LogP) is 3.65. The lowest BCUT2D eigenvalue weighted by molar-refractivity contribution is 0.477.